The molecule has 2 aliphatic heterocycles. The van der Waals surface area contributed by atoms with E-state index in [2.05, 4.69) is 27.4 Å². The lowest BCUT2D eigenvalue weighted by Crippen LogP contribution is -2.52. The number of halogens is 3. The number of piperazine rings is 1. The lowest BCUT2D eigenvalue weighted by atomic mass is 10.1. The molecule has 0 aliphatic carbocycles. The van der Waals surface area contributed by atoms with Crippen molar-refractivity contribution >= 4 is 17.7 Å². The van der Waals surface area contributed by atoms with Crippen molar-refractivity contribution in [3.8, 4) is 0 Å². The molecular weight excluding hydrogens is 511 g/mol. The first-order valence-electron chi connectivity index (χ1n) is 13.2. The van der Waals surface area contributed by atoms with Gasteiger partial charge in [0.2, 0.25) is 5.91 Å². The van der Waals surface area contributed by atoms with Crippen LogP contribution in [0.2, 0.25) is 0 Å². The number of rotatable bonds is 8. The minimum absolute atomic E-state index is 0.0624. The smallest absolute Gasteiger partial charge is 0.350 e. The topological polar surface area (TPSA) is 85.0 Å². The van der Waals surface area contributed by atoms with Crippen molar-refractivity contribution in [2.75, 3.05) is 52.4 Å². The monoisotopic (exact) mass is 545 g/mol. The van der Waals surface area contributed by atoms with E-state index in [1.807, 2.05) is 35.2 Å². The quantitative estimate of drug-likeness (QED) is 0.533. The molecule has 2 aromatic carbocycles. The van der Waals surface area contributed by atoms with Gasteiger partial charge in [-0.3, -0.25) is 24.2 Å². The Morgan fingerprint density at radius 2 is 1.64 bits per heavy atom. The molecule has 0 radical (unpaired) electrons. The van der Waals surface area contributed by atoms with Gasteiger partial charge in [-0.05, 0) is 43.7 Å². The van der Waals surface area contributed by atoms with Crippen molar-refractivity contribution in [2.45, 2.75) is 31.6 Å². The van der Waals surface area contributed by atoms with E-state index in [0.717, 1.165) is 50.8 Å². The maximum Gasteiger partial charge on any atom is 0.416 e. The molecule has 2 atom stereocenters. The minimum atomic E-state index is -4.55. The van der Waals surface area contributed by atoms with E-state index in [9.17, 15) is 27.6 Å². The summed E-state index contributed by atoms with van der Waals surface area (Å²) >= 11 is 0. The third-order valence-corrected chi connectivity index (χ3v) is 7.27. The average Bonchev–Trinajstić information content (AvgIpc) is 3.40. The highest BCUT2D eigenvalue weighted by Crippen LogP contribution is 2.29. The van der Waals surface area contributed by atoms with E-state index in [4.69, 9.17) is 0 Å². The lowest BCUT2D eigenvalue weighted by molar-refractivity contribution is -0.137. The van der Waals surface area contributed by atoms with Crippen LogP contribution in [-0.4, -0.2) is 96.9 Å². The molecular formula is C28H34F3N5O3. The molecule has 0 aromatic heterocycles. The largest absolute Gasteiger partial charge is 0.416 e. The van der Waals surface area contributed by atoms with Crippen LogP contribution in [0.1, 0.15) is 39.6 Å². The second-order valence-corrected chi connectivity index (χ2v) is 10.1. The number of carbonyl (C=O) groups excluding carboxylic acids is 3. The van der Waals surface area contributed by atoms with Crippen molar-refractivity contribution < 1.29 is 27.6 Å². The highest BCUT2D eigenvalue weighted by Gasteiger charge is 2.31. The Bertz CT molecular complexity index is 1150. The Kier molecular flexibility index (Phi) is 9.24. The van der Waals surface area contributed by atoms with E-state index in [0.29, 0.717) is 25.2 Å². The van der Waals surface area contributed by atoms with Crippen molar-refractivity contribution in [2.24, 2.45) is 0 Å². The van der Waals surface area contributed by atoms with Crippen molar-refractivity contribution in [3.05, 3.63) is 71.3 Å². The van der Waals surface area contributed by atoms with Crippen LogP contribution in [0, 0.1) is 0 Å². The lowest BCUT2D eigenvalue weighted by Gasteiger charge is -2.37. The van der Waals surface area contributed by atoms with Gasteiger partial charge in [-0.25, -0.2) is 0 Å². The molecule has 2 N–H and O–H groups in total. The number of hydrogen-bond acceptors (Lipinski definition) is 5. The van der Waals surface area contributed by atoms with Gasteiger partial charge in [0.05, 0.1) is 12.1 Å². The summed E-state index contributed by atoms with van der Waals surface area (Å²) in [6.07, 6.45) is -3.77. The number of nitrogens with one attached hydrogen (secondary N) is 2. The van der Waals surface area contributed by atoms with E-state index < -0.39 is 17.6 Å². The highest BCUT2D eigenvalue weighted by atomic mass is 19.4. The van der Waals surface area contributed by atoms with Gasteiger partial charge >= 0.3 is 6.18 Å². The Hall–Kier alpha value is -3.44. The molecule has 39 heavy (non-hydrogen) atoms. The van der Waals surface area contributed by atoms with Gasteiger partial charge in [-0.1, -0.05) is 24.3 Å². The maximum absolute atomic E-state index is 12.9. The normalized spacial score (nSPS) is 19.5. The zero-order valence-corrected chi connectivity index (χ0v) is 21.9. The third kappa shape index (κ3) is 7.79. The fourth-order valence-electron chi connectivity index (χ4n) is 5.07. The van der Waals surface area contributed by atoms with Crippen LogP contribution in [0.25, 0.3) is 0 Å². The van der Waals surface area contributed by atoms with Crippen molar-refractivity contribution in [1.82, 2.24) is 25.3 Å². The van der Waals surface area contributed by atoms with Crippen molar-refractivity contribution in [3.63, 3.8) is 0 Å². The first-order chi connectivity index (χ1) is 18.6. The van der Waals surface area contributed by atoms with Gasteiger partial charge in [0.1, 0.15) is 0 Å². The summed E-state index contributed by atoms with van der Waals surface area (Å²) in [6.45, 7) is 7.20. The predicted molar refractivity (Wildman–Crippen MR) is 140 cm³/mol. The van der Waals surface area contributed by atoms with Gasteiger partial charge in [-0.15, -0.1) is 0 Å². The van der Waals surface area contributed by atoms with Crippen LogP contribution in [0.15, 0.2) is 54.6 Å². The minimum Gasteiger partial charge on any atom is -0.350 e. The molecule has 8 nitrogen and oxygen atoms in total. The second-order valence-electron chi connectivity index (χ2n) is 10.1. The molecule has 2 heterocycles. The average molecular weight is 546 g/mol. The third-order valence-electron chi connectivity index (χ3n) is 7.27. The zero-order chi connectivity index (χ0) is 28.0. The van der Waals surface area contributed by atoms with Crippen LogP contribution in [0.3, 0.4) is 0 Å². The molecule has 0 saturated carbocycles. The van der Waals surface area contributed by atoms with Gasteiger partial charge < -0.3 is 15.5 Å². The molecule has 2 fully saturated rings. The number of likely N-dealkylation sites (tertiary alicyclic amines) is 1. The maximum atomic E-state index is 12.9. The molecule has 1 unspecified atom stereocenters. The summed E-state index contributed by atoms with van der Waals surface area (Å²) in [6, 6.07) is 13.6. The van der Waals surface area contributed by atoms with Crippen LogP contribution in [0.5, 0.6) is 0 Å². The standard InChI is InChI=1S/C28H34F3N5O3/c1-20(18-34-12-14-35(15-13-34)27(39)21-6-3-2-4-7-21)36-11-10-24(19-36)33-25(37)17-32-26(38)22-8-5-9-23(16-22)28(29,30)31/h2-9,16,20,24H,10-15,17-19H2,1H3,(H,32,38)(H,33,37)/t20?,24-/m1/s1. The number of amides is 3. The summed E-state index contributed by atoms with van der Waals surface area (Å²) in [5.74, 6) is -1.05. The van der Waals surface area contributed by atoms with E-state index in [1.165, 1.54) is 6.07 Å². The van der Waals surface area contributed by atoms with E-state index >= 15 is 0 Å². The first kappa shape index (κ1) is 28.6. The molecule has 3 amide bonds. The van der Waals surface area contributed by atoms with Gasteiger partial charge in [0, 0.05) is 69.0 Å². The SMILES string of the molecule is CC(CN1CCN(C(=O)c2ccccc2)CC1)N1CC[C@@H](NC(=O)CNC(=O)c2cccc(C(F)(F)F)c2)C1. The fourth-order valence-corrected chi connectivity index (χ4v) is 5.07. The Balaban J connectivity index is 1.16. The number of benzene rings is 2. The Morgan fingerprint density at radius 3 is 2.33 bits per heavy atom. The molecule has 0 bridgehead atoms. The van der Waals surface area contributed by atoms with Gasteiger partial charge in [0.15, 0.2) is 0 Å². The molecule has 2 aliphatic rings. The molecule has 11 heteroatoms. The van der Waals surface area contributed by atoms with Crippen LogP contribution < -0.4 is 10.6 Å². The van der Waals surface area contributed by atoms with Crippen LogP contribution >= 0.6 is 0 Å². The zero-order valence-electron chi connectivity index (χ0n) is 21.9. The van der Waals surface area contributed by atoms with Crippen LogP contribution in [0.4, 0.5) is 13.2 Å². The molecule has 0 spiro atoms. The summed E-state index contributed by atoms with van der Waals surface area (Å²) in [5.41, 5.74) is -0.356. The Labute approximate surface area is 226 Å². The molecule has 4 rings (SSSR count). The van der Waals surface area contributed by atoms with E-state index in [-0.39, 0.29) is 36.0 Å². The first-order valence-corrected chi connectivity index (χ1v) is 13.2. The van der Waals surface area contributed by atoms with E-state index in [1.54, 1.807) is 0 Å². The number of alkyl halides is 3. The summed E-state index contributed by atoms with van der Waals surface area (Å²) < 4.78 is 38.6. The molecule has 210 valence electrons. The highest BCUT2D eigenvalue weighted by molar-refractivity contribution is 5.96. The number of nitrogens with zero attached hydrogens (tertiary/aromatic N) is 3. The number of hydrogen-bond donors (Lipinski definition) is 2. The second kappa shape index (κ2) is 12.6. The summed E-state index contributed by atoms with van der Waals surface area (Å²) in [7, 11) is 0. The van der Waals surface area contributed by atoms with Crippen molar-refractivity contribution in [1.29, 1.82) is 0 Å². The fraction of sp³-hybridized carbons (Fsp3) is 0.464. The summed E-state index contributed by atoms with van der Waals surface area (Å²) in [4.78, 5) is 43.8. The van der Waals surface area contributed by atoms with Gasteiger partial charge in [-0.2, -0.15) is 13.2 Å². The molecule has 2 aromatic rings. The predicted octanol–water partition coefficient (Wildman–Crippen LogP) is 2.47. The Morgan fingerprint density at radius 1 is 0.949 bits per heavy atom. The number of carbonyl (C=O) groups is 3. The van der Waals surface area contributed by atoms with Crippen LogP contribution in [-0.2, 0) is 11.0 Å². The molecule has 2 saturated heterocycles. The van der Waals surface area contributed by atoms with Gasteiger partial charge in [0.25, 0.3) is 11.8 Å². The summed E-state index contributed by atoms with van der Waals surface area (Å²) in [5, 5.41) is 5.31.